The van der Waals surface area contributed by atoms with Gasteiger partial charge in [-0.2, -0.15) is 4.72 Å². The normalized spacial score (nSPS) is 14.0. The monoisotopic (exact) mass is 592 g/mol. The van der Waals surface area contributed by atoms with Crippen LogP contribution < -0.4 is 10.0 Å². The van der Waals surface area contributed by atoms with Crippen molar-refractivity contribution >= 4 is 33.3 Å². The van der Waals surface area contributed by atoms with Gasteiger partial charge in [-0.05, 0) is 61.2 Å². The van der Waals surface area contributed by atoms with Crippen molar-refractivity contribution in [2.75, 3.05) is 18.5 Å². The molecule has 3 rings (SSSR count). The summed E-state index contributed by atoms with van der Waals surface area (Å²) in [6.45, 7) is 6.45. The Hall–Kier alpha value is -3.02. The van der Waals surface area contributed by atoms with Crippen molar-refractivity contribution in [1.29, 1.82) is 0 Å². The van der Waals surface area contributed by atoms with E-state index in [4.69, 9.17) is 16.3 Å². The predicted molar refractivity (Wildman–Crippen MR) is 153 cm³/mol. The van der Waals surface area contributed by atoms with Gasteiger partial charge in [0.25, 0.3) is 0 Å². The summed E-state index contributed by atoms with van der Waals surface area (Å²) < 4.78 is 51.0. The lowest BCUT2D eigenvalue weighted by molar-refractivity contribution is -0.139. The van der Waals surface area contributed by atoms with Gasteiger partial charge in [0.2, 0.25) is 10.0 Å². The average Bonchev–Trinajstić information content (AvgIpc) is 2.91. The molecule has 40 heavy (non-hydrogen) atoms. The van der Waals surface area contributed by atoms with Crippen LogP contribution in [-0.2, 0) is 26.2 Å². The summed E-state index contributed by atoms with van der Waals surface area (Å²) in [5.74, 6) is -3.14. The average molecular weight is 593 g/mol. The number of aliphatic hydroxyl groups excluding tert-OH is 1. The Morgan fingerprint density at radius 1 is 1.10 bits per heavy atom. The molecule has 0 radical (unpaired) electrons. The number of hydrogen-bond acceptors (Lipinski definition) is 6. The number of carboxylic acid groups (broad SMARTS) is 1. The first-order chi connectivity index (χ1) is 18.9. The van der Waals surface area contributed by atoms with E-state index in [-0.39, 0.29) is 46.5 Å². The van der Waals surface area contributed by atoms with E-state index in [1.807, 2.05) is 30.3 Å². The summed E-state index contributed by atoms with van der Waals surface area (Å²) in [5, 5.41) is 22.5. The Labute approximate surface area is 239 Å². The fraction of sp³-hybridized carbons (Fsp3) is 0.345. The van der Waals surface area contributed by atoms with Crippen LogP contribution in [0.1, 0.15) is 53.7 Å². The first kappa shape index (κ1) is 31.5. The van der Waals surface area contributed by atoms with Crippen molar-refractivity contribution in [3.05, 3.63) is 93.3 Å². The number of aliphatic hydroxyl groups is 1. The van der Waals surface area contributed by atoms with Crippen molar-refractivity contribution in [3.63, 3.8) is 0 Å². The van der Waals surface area contributed by atoms with E-state index in [2.05, 4.69) is 10.0 Å². The van der Waals surface area contributed by atoms with Crippen molar-refractivity contribution in [2.24, 2.45) is 0 Å². The first-order valence-corrected chi connectivity index (χ1v) is 14.6. The van der Waals surface area contributed by atoms with E-state index in [1.54, 1.807) is 26.8 Å². The topological polar surface area (TPSA) is 125 Å². The minimum atomic E-state index is -4.57. The number of carbonyl (C=O) groups is 1. The van der Waals surface area contributed by atoms with Crippen LogP contribution in [0, 0.1) is 19.7 Å². The molecule has 0 spiro atoms. The number of benzene rings is 3. The number of nitrogens with one attached hydrogen (secondary N) is 2. The Bertz CT molecular complexity index is 1450. The van der Waals surface area contributed by atoms with Crippen molar-refractivity contribution in [3.8, 4) is 0 Å². The Balaban J connectivity index is 2.07. The number of aryl methyl sites for hydroxylation is 1. The largest absolute Gasteiger partial charge is 0.480 e. The molecule has 0 aliphatic carbocycles. The highest BCUT2D eigenvalue weighted by Gasteiger charge is 2.36. The Morgan fingerprint density at radius 3 is 2.40 bits per heavy atom. The van der Waals surface area contributed by atoms with Gasteiger partial charge >= 0.3 is 5.97 Å². The van der Waals surface area contributed by atoms with Crippen LogP contribution in [0.4, 0.5) is 10.1 Å². The second-order valence-electron chi connectivity index (χ2n) is 9.59. The molecule has 3 atom stereocenters. The fourth-order valence-electron chi connectivity index (χ4n) is 4.55. The highest BCUT2D eigenvalue weighted by Crippen LogP contribution is 2.36. The molecule has 0 aliphatic heterocycles. The van der Waals surface area contributed by atoms with Crippen LogP contribution in [0.3, 0.4) is 0 Å². The molecule has 0 fully saturated rings. The van der Waals surface area contributed by atoms with Gasteiger partial charge in [-0.15, -0.1) is 0 Å². The maximum atomic E-state index is 14.9. The molecule has 0 aliphatic rings. The van der Waals surface area contributed by atoms with Crippen LogP contribution in [-0.4, -0.2) is 43.8 Å². The van der Waals surface area contributed by atoms with Gasteiger partial charge in [0.1, 0.15) is 16.8 Å². The summed E-state index contributed by atoms with van der Waals surface area (Å²) >= 11 is 6.34. The van der Waals surface area contributed by atoms with Gasteiger partial charge in [0.15, 0.2) is 0 Å². The number of hydrogen-bond donors (Lipinski definition) is 4. The number of sulfonamides is 1. The minimum Gasteiger partial charge on any atom is -0.480 e. The lowest BCUT2D eigenvalue weighted by Gasteiger charge is -2.26. The number of ether oxygens (including phenoxy) is 1. The van der Waals surface area contributed by atoms with Crippen molar-refractivity contribution < 1.29 is 32.6 Å². The molecule has 0 saturated heterocycles. The van der Waals surface area contributed by atoms with Crippen LogP contribution >= 0.6 is 11.6 Å². The zero-order valence-corrected chi connectivity index (χ0v) is 24.3. The predicted octanol–water partition coefficient (Wildman–Crippen LogP) is 5.31. The molecular formula is C29H34ClFN2O6S. The van der Waals surface area contributed by atoms with Gasteiger partial charge in [0, 0.05) is 23.0 Å². The summed E-state index contributed by atoms with van der Waals surface area (Å²) in [6, 6.07) is 13.2. The molecule has 0 saturated carbocycles. The Kier molecular flexibility index (Phi) is 10.7. The third-order valence-corrected chi connectivity index (χ3v) is 8.57. The molecule has 0 amide bonds. The smallest absolute Gasteiger partial charge is 0.322 e. The van der Waals surface area contributed by atoms with Gasteiger partial charge in [-0.25, -0.2) is 12.8 Å². The van der Waals surface area contributed by atoms with Crippen LogP contribution in [0.2, 0.25) is 5.02 Å². The molecule has 0 aromatic heterocycles. The molecule has 11 heteroatoms. The molecule has 4 N–H and O–H groups in total. The van der Waals surface area contributed by atoms with E-state index in [0.29, 0.717) is 5.56 Å². The highest BCUT2D eigenvalue weighted by atomic mass is 35.5. The lowest BCUT2D eigenvalue weighted by atomic mass is 9.88. The SMILES string of the molecule is Cc1ccc(F)c(C(C)C(NS(=O)(=O)c2c(NCCO)cc(Cl)cc2C(C)OCc2ccccc2)C(=O)O)c1C. The molecule has 3 aromatic rings. The molecule has 216 valence electrons. The summed E-state index contributed by atoms with van der Waals surface area (Å²) in [5.41, 5.74) is 2.52. The fourth-order valence-corrected chi connectivity index (χ4v) is 6.49. The number of rotatable bonds is 13. The molecule has 0 heterocycles. The highest BCUT2D eigenvalue weighted by molar-refractivity contribution is 7.89. The van der Waals surface area contributed by atoms with Gasteiger partial charge < -0.3 is 20.3 Å². The maximum Gasteiger partial charge on any atom is 0.322 e. The van der Waals surface area contributed by atoms with Crippen molar-refractivity contribution in [1.82, 2.24) is 4.72 Å². The second-order valence-corrected chi connectivity index (χ2v) is 11.7. The third kappa shape index (κ3) is 7.38. The number of carboxylic acids is 1. The quantitative estimate of drug-likeness (QED) is 0.212. The van der Waals surface area contributed by atoms with Crippen LogP contribution in [0.25, 0.3) is 0 Å². The van der Waals surface area contributed by atoms with Gasteiger partial charge in [-0.3, -0.25) is 4.79 Å². The summed E-state index contributed by atoms with van der Waals surface area (Å²) in [6.07, 6.45) is -0.780. The standard InChI is InChI=1S/C29H34ClFN2O6S/c1-17-10-11-24(31)26(18(17)2)19(3)27(29(35)36)33-40(37,38)28-23(14-22(30)15-25(28)32-12-13-34)20(4)39-16-21-8-6-5-7-9-21/h5-11,14-15,19-20,27,32-34H,12-13,16H2,1-4H3,(H,35,36). The first-order valence-electron chi connectivity index (χ1n) is 12.7. The number of halogens is 2. The van der Waals surface area contributed by atoms with E-state index >= 15 is 0 Å². The number of aliphatic carboxylic acids is 1. The van der Waals surface area contributed by atoms with Gasteiger partial charge in [-0.1, -0.05) is 54.9 Å². The van der Waals surface area contributed by atoms with E-state index in [0.717, 1.165) is 11.1 Å². The molecule has 8 nitrogen and oxygen atoms in total. The molecule has 3 aromatic carbocycles. The Morgan fingerprint density at radius 2 is 1.77 bits per heavy atom. The molecule has 0 bridgehead atoms. The third-order valence-electron chi connectivity index (χ3n) is 6.80. The lowest BCUT2D eigenvalue weighted by Crippen LogP contribution is -2.45. The molecule has 3 unspecified atom stereocenters. The summed E-state index contributed by atoms with van der Waals surface area (Å²) in [4.78, 5) is 12.1. The van der Waals surface area contributed by atoms with E-state index in [9.17, 15) is 27.8 Å². The minimum absolute atomic E-state index is 0.00795. The van der Waals surface area contributed by atoms with Crippen LogP contribution in [0.5, 0.6) is 0 Å². The zero-order valence-electron chi connectivity index (χ0n) is 22.7. The number of anilines is 1. The van der Waals surface area contributed by atoms with Crippen LogP contribution in [0.15, 0.2) is 59.5 Å². The summed E-state index contributed by atoms with van der Waals surface area (Å²) in [7, 11) is -4.57. The van der Waals surface area contributed by atoms with Crippen molar-refractivity contribution in [2.45, 2.75) is 57.3 Å². The van der Waals surface area contributed by atoms with E-state index < -0.39 is 39.9 Å². The maximum absolute atomic E-state index is 14.9. The second kappa shape index (κ2) is 13.6. The van der Waals surface area contributed by atoms with Gasteiger partial charge in [0.05, 0.1) is 25.0 Å². The molecular weight excluding hydrogens is 559 g/mol. The zero-order chi connectivity index (χ0) is 29.6. The van der Waals surface area contributed by atoms with E-state index in [1.165, 1.54) is 25.1 Å².